The van der Waals surface area contributed by atoms with Gasteiger partial charge in [0.15, 0.2) is 0 Å². The molecule has 2 aliphatic rings. The van der Waals surface area contributed by atoms with Crippen molar-refractivity contribution >= 4 is 17.3 Å². The van der Waals surface area contributed by atoms with Crippen LogP contribution in [0.15, 0.2) is 18.5 Å². The molecule has 1 atom stereocenters. The number of carbonyl (C=O) groups is 1. The summed E-state index contributed by atoms with van der Waals surface area (Å²) in [6.45, 7) is 4.59. The van der Waals surface area contributed by atoms with E-state index in [1.54, 1.807) is 12.4 Å². The second-order valence-corrected chi connectivity index (χ2v) is 6.35. The molecule has 1 aromatic heterocycles. The van der Waals surface area contributed by atoms with Gasteiger partial charge in [0, 0.05) is 19.3 Å². The van der Waals surface area contributed by atoms with Crippen LogP contribution in [0.25, 0.3) is 0 Å². The molecule has 2 fully saturated rings. The minimum atomic E-state index is -0.421. The van der Waals surface area contributed by atoms with E-state index in [1.165, 1.54) is 32.1 Å². The van der Waals surface area contributed by atoms with Crippen LogP contribution in [0, 0.1) is 5.92 Å². The Labute approximate surface area is 132 Å². The Bertz CT molecular complexity index is 510. The first-order valence-corrected chi connectivity index (χ1v) is 8.35. The summed E-state index contributed by atoms with van der Waals surface area (Å²) in [4.78, 5) is 18.8. The summed E-state index contributed by atoms with van der Waals surface area (Å²) in [5.74, 6) is 0.574. The normalized spacial score (nSPS) is 19.8. The number of carbonyl (C=O) groups excluding carboxylic acids is 1. The molecule has 5 nitrogen and oxygen atoms in total. The van der Waals surface area contributed by atoms with Crippen molar-refractivity contribution < 1.29 is 9.53 Å². The van der Waals surface area contributed by atoms with E-state index in [9.17, 15) is 4.79 Å². The Balaban J connectivity index is 1.61. The van der Waals surface area contributed by atoms with Gasteiger partial charge >= 0.3 is 0 Å². The van der Waals surface area contributed by atoms with Gasteiger partial charge in [-0.05, 0) is 51.0 Å². The molecule has 5 heteroatoms. The van der Waals surface area contributed by atoms with Gasteiger partial charge in [-0.1, -0.05) is 0 Å². The number of rotatable bonds is 6. The van der Waals surface area contributed by atoms with Gasteiger partial charge in [-0.2, -0.15) is 0 Å². The van der Waals surface area contributed by atoms with E-state index in [-0.39, 0.29) is 5.91 Å². The van der Waals surface area contributed by atoms with E-state index in [1.807, 2.05) is 13.0 Å². The number of hydrogen-bond acceptors (Lipinski definition) is 4. The first-order chi connectivity index (χ1) is 10.7. The third kappa shape index (κ3) is 3.97. The molecule has 0 aromatic carbocycles. The molecule has 1 saturated heterocycles. The molecule has 0 unspecified atom stereocenters. The molecule has 120 valence electrons. The topological polar surface area (TPSA) is 54.5 Å². The zero-order valence-electron chi connectivity index (χ0n) is 13.3. The van der Waals surface area contributed by atoms with Crippen molar-refractivity contribution in [2.45, 2.75) is 45.1 Å². The summed E-state index contributed by atoms with van der Waals surface area (Å²) >= 11 is 0. The van der Waals surface area contributed by atoms with Gasteiger partial charge in [-0.25, -0.2) is 0 Å². The molecule has 1 aromatic rings. The van der Waals surface area contributed by atoms with Crippen LogP contribution in [0.2, 0.25) is 0 Å². The number of nitrogens with zero attached hydrogens (tertiary/aromatic N) is 2. The number of piperidine rings is 1. The van der Waals surface area contributed by atoms with Crippen molar-refractivity contribution in [3.8, 4) is 0 Å². The standard InChI is InChI=1S/C17H25N3O2/c1-13(22-12-14-5-6-14)17(21)19-15-11-18-8-7-16(15)20-9-3-2-4-10-20/h7-8,11,13-14H,2-6,9-10,12H2,1H3,(H,19,21)/t13-/m0/s1. The minimum absolute atomic E-state index is 0.0908. The van der Waals surface area contributed by atoms with Crippen molar-refractivity contribution in [2.24, 2.45) is 5.92 Å². The molecule has 2 heterocycles. The molecular formula is C17H25N3O2. The summed E-state index contributed by atoms with van der Waals surface area (Å²) in [5.41, 5.74) is 1.86. The van der Waals surface area contributed by atoms with Crippen molar-refractivity contribution in [2.75, 3.05) is 29.9 Å². The van der Waals surface area contributed by atoms with E-state index in [0.717, 1.165) is 24.5 Å². The molecule has 0 radical (unpaired) electrons. The molecule has 1 aliphatic heterocycles. The second kappa shape index (κ2) is 7.09. The van der Waals surface area contributed by atoms with Gasteiger partial charge in [0.05, 0.1) is 24.2 Å². The minimum Gasteiger partial charge on any atom is -0.370 e. The molecule has 0 bridgehead atoms. The van der Waals surface area contributed by atoms with Crippen molar-refractivity contribution in [3.05, 3.63) is 18.5 Å². The highest BCUT2D eigenvalue weighted by atomic mass is 16.5. The Morgan fingerprint density at radius 1 is 1.41 bits per heavy atom. The molecule has 1 saturated carbocycles. The Morgan fingerprint density at radius 3 is 2.91 bits per heavy atom. The average Bonchev–Trinajstić information content (AvgIpc) is 3.38. The molecule has 0 spiro atoms. The molecule has 1 amide bonds. The second-order valence-electron chi connectivity index (χ2n) is 6.35. The SMILES string of the molecule is C[C@H](OCC1CC1)C(=O)Nc1cnccc1N1CCCCC1. The summed E-state index contributed by atoms with van der Waals surface area (Å²) in [7, 11) is 0. The smallest absolute Gasteiger partial charge is 0.253 e. The quantitative estimate of drug-likeness (QED) is 0.878. The van der Waals surface area contributed by atoms with Gasteiger partial charge in [-0.15, -0.1) is 0 Å². The monoisotopic (exact) mass is 303 g/mol. The number of hydrogen-bond donors (Lipinski definition) is 1. The summed E-state index contributed by atoms with van der Waals surface area (Å²) < 4.78 is 5.64. The molecule has 3 rings (SSSR count). The van der Waals surface area contributed by atoms with E-state index in [0.29, 0.717) is 12.5 Å². The van der Waals surface area contributed by atoms with Crippen LogP contribution in [0.3, 0.4) is 0 Å². The number of ether oxygens (including phenoxy) is 1. The molecule has 22 heavy (non-hydrogen) atoms. The van der Waals surface area contributed by atoms with Crippen molar-refractivity contribution in [1.29, 1.82) is 0 Å². The predicted molar refractivity (Wildman–Crippen MR) is 87.1 cm³/mol. The first kappa shape index (κ1) is 15.3. The van der Waals surface area contributed by atoms with E-state index in [4.69, 9.17) is 4.74 Å². The largest absolute Gasteiger partial charge is 0.370 e. The fourth-order valence-corrected chi connectivity index (χ4v) is 2.77. The van der Waals surface area contributed by atoms with Gasteiger partial charge < -0.3 is 15.0 Å². The Morgan fingerprint density at radius 2 is 2.18 bits per heavy atom. The fraction of sp³-hybridized carbons (Fsp3) is 0.647. The lowest BCUT2D eigenvalue weighted by Crippen LogP contribution is -2.32. The maximum Gasteiger partial charge on any atom is 0.253 e. The highest BCUT2D eigenvalue weighted by Gasteiger charge is 2.24. The first-order valence-electron chi connectivity index (χ1n) is 8.35. The molecule has 1 N–H and O–H groups in total. The van der Waals surface area contributed by atoms with Gasteiger partial charge in [-0.3, -0.25) is 9.78 Å². The van der Waals surface area contributed by atoms with E-state index in [2.05, 4.69) is 15.2 Å². The van der Waals surface area contributed by atoms with Gasteiger partial charge in [0.2, 0.25) is 0 Å². The van der Waals surface area contributed by atoms with E-state index >= 15 is 0 Å². The summed E-state index contributed by atoms with van der Waals surface area (Å²) in [6, 6.07) is 1.98. The maximum atomic E-state index is 12.3. The Kier molecular flexibility index (Phi) is 4.93. The number of aromatic nitrogens is 1. The lowest BCUT2D eigenvalue weighted by atomic mass is 10.1. The zero-order valence-corrected chi connectivity index (χ0v) is 13.3. The van der Waals surface area contributed by atoms with Crippen LogP contribution in [0.4, 0.5) is 11.4 Å². The summed E-state index contributed by atoms with van der Waals surface area (Å²) in [6.07, 6.45) is 9.26. The fourth-order valence-electron chi connectivity index (χ4n) is 2.77. The zero-order chi connectivity index (χ0) is 15.4. The molecule has 1 aliphatic carbocycles. The van der Waals surface area contributed by atoms with Crippen LogP contribution < -0.4 is 10.2 Å². The van der Waals surface area contributed by atoms with Gasteiger partial charge in [0.1, 0.15) is 6.10 Å². The third-order valence-electron chi connectivity index (χ3n) is 4.40. The molecular weight excluding hydrogens is 278 g/mol. The van der Waals surface area contributed by atoms with E-state index < -0.39 is 6.10 Å². The van der Waals surface area contributed by atoms with Crippen LogP contribution in [0.1, 0.15) is 39.0 Å². The van der Waals surface area contributed by atoms with Crippen LogP contribution in [0.5, 0.6) is 0 Å². The van der Waals surface area contributed by atoms with Gasteiger partial charge in [0.25, 0.3) is 5.91 Å². The van der Waals surface area contributed by atoms with Crippen LogP contribution in [-0.4, -0.2) is 36.7 Å². The van der Waals surface area contributed by atoms with Crippen molar-refractivity contribution in [3.63, 3.8) is 0 Å². The highest BCUT2D eigenvalue weighted by Crippen LogP contribution is 2.30. The number of nitrogens with one attached hydrogen (secondary N) is 1. The lowest BCUT2D eigenvalue weighted by Gasteiger charge is -2.30. The number of pyridine rings is 1. The van der Waals surface area contributed by atoms with Crippen LogP contribution in [-0.2, 0) is 9.53 Å². The van der Waals surface area contributed by atoms with Crippen molar-refractivity contribution in [1.82, 2.24) is 4.98 Å². The number of amides is 1. The Hall–Kier alpha value is -1.62. The van der Waals surface area contributed by atoms with Crippen LogP contribution >= 0.6 is 0 Å². The summed E-state index contributed by atoms with van der Waals surface area (Å²) in [5, 5.41) is 2.98. The number of anilines is 2. The predicted octanol–water partition coefficient (Wildman–Crippen LogP) is 2.83. The average molecular weight is 303 g/mol. The maximum absolute atomic E-state index is 12.3. The third-order valence-corrected chi connectivity index (χ3v) is 4.40. The highest BCUT2D eigenvalue weighted by molar-refractivity contribution is 5.96. The lowest BCUT2D eigenvalue weighted by molar-refractivity contribution is -0.126.